The van der Waals surface area contributed by atoms with Crippen molar-refractivity contribution in [2.45, 2.75) is 51.7 Å². The number of alkyl carbamates (subject to hydrolysis) is 1. The predicted octanol–water partition coefficient (Wildman–Crippen LogP) is 4.36. The first-order chi connectivity index (χ1) is 13.7. The van der Waals surface area contributed by atoms with E-state index in [1.165, 1.54) is 0 Å². The van der Waals surface area contributed by atoms with Crippen LogP contribution in [0.1, 0.15) is 40.0 Å². The molecule has 0 bridgehead atoms. The van der Waals surface area contributed by atoms with Gasteiger partial charge in [-0.05, 0) is 57.8 Å². The Morgan fingerprint density at radius 2 is 2.14 bits per heavy atom. The molecule has 1 amide bonds. The second kappa shape index (κ2) is 11.0. The Bertz CT molecular complexity index is 702. The number of methoxy groups -OCH3 is 1. The van der Waals surface area contributed by atoms with Crippen molar-refractivity contribution in [2.24, 2.45) is 5.92 Å². The van der Waals surface area contributed by atoms with Gasteiger partial charge in [-0.1, -0.05) is 28.1 Å². The van der Waals surface area contributed by atoms with E-state index in [9.17, 15) is 9.90 Å². The Kier molecular flexibility index (Phi) is 8.99. The molecule has 2 atom stereocenters. The highest BCUT2D eigenvalue weighted by Crippen LogP contribution is 2.36. The Hall–Kier alpha value is -1.57. The van der Waals surface area contributed by atoms with Crippen molar-refractivity contribution in [1.82, 2.24) is 5.32 Å². The van der Waals surface area contributed by atoms with Crippen molar-refractivity contribution in [3.63, 3.8) is 0 Å². The first kappa shape index (κ1) is 23.7. The molecular weight excluding hydrogens is 438 g/mol. The Balaban J connectivity index is 1.84. The monoisotopic (exact) mass is 469 g/mol. The van der Waals surface area contributed by atoms with Gasteiger partial charge in [-0.2, -0.15) is 0 Å². The van der Waals surface area contributed by atoms with Crippen LogP contribution in [0.4, 0.5) is 4.79 Å². The topological polar surface area (TPSA) is 77.0 Å². The van der Waals surface area contributed by atoms with Gasteiger partial charge < -0.3 is 24.6 Å². The summed E-state index contributed by atoms with van der Waals surface area (Å²) in [6, 6.07) is -0.150. The van der Waals surface area contributed by atoms with Gasteiger partial charge in [0, 0.05) is 23.1 Å². The first-order valence-corrected chi connectivity index (χ1v) is 10.7. The molecule has 2 N–H and O–H groups in total. The fourth-order valence-electron chi connectivity index (χ4n) is 3.35. The van der Waals surface area contributed by atoms with Crippen LogP contribution in [-0.4, -0.2) is 49.8 Å². The van der Waals surface area contributed by atoms with Crippen LogP contribution < -0.4 is 5.32 Å². The number of carbonyl (C=O) groups is 1. The zero-order chi connectivity index (χ0) is 21.4. The van der Waals surface area contributed by atoms with E-state index in [-0.39, 0.29) is 18.6 Å². The Labute approximate surface area is 181 Å². The lowest BCUT2D eigenvalue weighted by Crippen LogP contribution is -2.41. The highest BCUT2D eigenvalue weighted by Gasteiger charge is 2.24. The predicted molar refractivity (Wildman–Crippen MR) is 117 cm³/mol. The number of halogens is 1. The van der Waals surface area contributed by atoms with Crippen LogP contribution in [0.5, 0.6) is 0 Å². The van der Waals surface area contributed by atoms with Crippen LogP contribution in [0.3, 0.4) is 0 Å². The Morgan fingerprint density at radius 3 is 2.79 bits per heavy atom. The van der Waals surface area contributed by atoms with E-state index in [0.717, 1.165) is 34.2 Å². The number of hydrogen-bond donors (Lipinski definition) is 2. The molecule has 7 heteroatoms. The summed E-state index contributed by atoms with van der Waals surface area (Å²) in [7, 11) is 1.60. The minimum atomic E-state index is -0.539. The number of ether oxygens (including phenoxy) is 3. The normalized spacial score (nSPS) is 19.9. The van der Waals surface area contributed by atoms with Crippen molar-refractivity contribution in [1.29, 1.82) is 0 Å². The third-order valence-corrected chi connectivity index (χ3v) is 5.12. The van der Waals surface area contributed by atoms with Crippen LogP contribution in [0.15, 0.2) is 45.7 Å². The lowest BCUT2D eigenvalue weighted by Gasteiger charge is -2.27. The summed E-state index contributed by atoms with van der Waals surface area (Å²) >= 11 is 3.51. The first-order valence-electron chi connectivity index (χ1n) is 9.94. The molecule has 0 spiro atoms. The van der Waals surface area contributed by atoms with Gasteiger partial charge >= 0.3 is 6.09 Å². The molecule has 0 saturated heterocycles. The number of rotatable bonds is 9. The van der Waals surface area contributed by atoms with Gasteiger partial charge in [-0.25, -0.2) is 4.79 Å². The number of aliphatic hydroxyl groups is 1. The highest BCUT2D eigenvalue weighted by molar-refractivity contribution is 9.11. The van der Waals surface area contributed by atoms with E-state index in [4.69, 9.17) is 14.2 Å². The fourth-order valence-corrected chi connectivity index (χ4v) is 3.80. The SMILES string of the molecule is COC[C@@H](CCCOC1=CCC2C=C(Br)C=CC2=C1CO)NC(=O)OC(C)(C)C. The number of amides is 1. The molecule has 2 aliphatic rings. The van der Waals surface area contributed by atoms with Crippen LogP contribution in [0.25, 0.3) is 0 Å². The molecule has 162 valence electrons. The number of carbonyl (C=O) groups excluding carboxylic acids is 1. The number of fused-ring (bicyclic) bond motifs is 1. The van der Waals surface area contributed by atoms with Gasteiger partial charge in [-0.15, -0.1) is 0 Å². The minimum absolute atomic E-state index is 0.0556. The molecule has 6 nitrogen and oxygen atoms in total. The second-order valence-electron chi connectivity index (χ2n) is 8.18. The highest BCUT2D eigenvalue weighted by atomic mass is 79.9. The lowest BCUT2D eigenvalue weighted by molar-refractivity contribution is 0.0459. The van der Waals surface area contributed by atoms with Crippen LogP contribution in [0.2, 0.25) is 0 Å². The van der Waals surface area contributed by atoms with E-state index in [1.807, 2.05) is 39.0 Å². The zero-order valence-electron chi connectivity index (χ0n) is 17.7. The lowest BCUT2D eigenvalue weighted by atomic mass is 9.83. The summed E-state index contributed by atoms with van der Waals surface area (Å²) in [6.45, 7) is 6.33. The molecule has 0 aromatic carbocycles. The molecule has 0 fully saturated rings. The molecule has 0 radical (unpaired) electrons. The molecule has 29 heavy (non-hydrogen) atoms. The van der Waals surface area contributed by atoms with E-state index in [0.29, 0.717) is 19.6 Å². The summed E-state index contributed by atoms with van der Waals surface area (Å²) in [4.78, 5) is 12.0. The molecule has 1 unspecified atom stereocenters. The van der Waals surface area contributed by atoms with E-state index >= 15 is 0 Å². The van der Waals surface area contributed by atoms with Crippen LogP contribution >= 0.6 is 15.9 Å². The summed E-state index contributed by atoms with van der Waals surface area (Å²) in [5, 5.41) is 12.7. The van der Waals surface area contributed by atoms with Gasteiger partial charge in [0.2, 0.25) is 0 Å². The second-order valence-corrected chi connectivity index (χ2v) is 9.09. The van der Waals surface area contributed by atoms with Crippen molar-refractivity contribution in [3.8, 4) is 0 Å². The van der Waals surface area contributed by atoms with Crippen molar-refractivity contribution in [2.75, 3.05) is 26.9 Å². The maximum absolute atomic E-state index is 12.0. The molecule has 0 heterocycles. The van der Waals surface area contributed by atoms with Gasteiger partial charge in [0.05, 0.1) is 25.9 Å². The zero-order valence-corrected chi connectivity index (χ0v) is 19.3. The average Bonchev–Trinajstić information content (AvgIpc) is 2.63. The maximum Gasteiger partial charge on any atom is 0.407 e. The number of allylic oxidation sites excluding steroid dienone is 6. The average molecular weight is 470 g/mol. The smallest absolute Gasteiger partial charge is 0.407 e. The van der Waals surface area contributed by atoms with Crippen molar-refractivity contribution < 1.29 is 24.1 Å². The van der Waals surface area contributed by atoms with Crippen molar-refractivity contribution >= 4 is 22.0 Å². The summed E-state index contributed by atoms with van der Waals surface area (Å²) in [5.74, 6) is 1.02. The summed E-state index contributed by atoms with van der Waals surface area (Å²) < 4.78 is 17.5. The van der Waals surface area contributed by atoms with Gasteiger partial charge in [0.15, 0.2) is 0 Å². The summed E-state index contributed by atoms with van der Waals surface area (Å²) in [6.07, 6.45) is 10.1. The quantitative estimate of drug-likeness (QED) is 0.490. The largest absolute Gasteiger partial charge is 0.494 e. The Morgan fingerprint density at radius 1 is 1.38 bits per heavy atom. The van der Waals surface area contributed by atoms with Gasteiger partial charge in [-0.3, -0.25) is 0 Å². The van der Waals surface area contributed by atoms with Gasteiger partial charge in [0.25, 0.3) is 0 Å². The van der Waals surface area contributed by atoms with Crippen molar-refractivity contribution in [3.05, 3.63) is 45.7 Å². The van der Waals surface area contributed by atoms with Crippen LogP contribution in [0, 0.1) is 5.92 Å². The van der Waals surface area contributed by atoms with E-state index < -0.39 is 11.7 Å². The molecule has 0 aliphatic heterocycles. The molecule has 0 saturated carbocycles. The maximum atomic E-state index is 12.0. The summed E-state index contributed by atoms with van der Waals surface area (Å²) in [5.41, 5.74) is 1.41. The number of hydrogen-bond acceptors (Lipinski definition) is 5. The third-order valence-electron chi connectivity index (χ3n) is 4.59. The molecule has 0 aromatic rings. The van der Waals surface area contributed by atoms with E-state index in [1.54, 1.807) is 7.11 Å². The van der Waals surface area contributed by atoms with Gasteiger partial charge in [0.1, 0.15) is 11.4 Å². The number of aliphatic hydroxyl groups excluding tert-OH is 1. The fraction of sp³-hybridized carbons (Fsp3) is 0.591. The molecule has 0 aromatic heterocycles. The van der Waals surface area contributed by atoms with Crippen LogP contribution in [-0.2, 0) is 14.2 Å². The molecule has 2 aliphatic carbocycles. The van der Waals surface area contributed by atoms with E-state index in [2.05, 4.69) is 27.3 Å². The third kappa shape index (κ3) is 7.64. The molecule has 2 rings (SSSR count). The standard InChI is InChI=1S/C22H32BrNO5/c1-22(2,3)29-21(26)24-17(14-27-4)6-5-11-28-20-10-7-15-12-16(23)8-9-18(15)19(20)13-25/h8-10,12,15,17,25H,5-7,11,13-14H2,1-4H3,(H,24,26)/t15?,17-/m1/s1. The number of nitrogens with one attached hydrogen (secondary N) is 1. The molecular formula is C22H32BrNO5. The minimum Gasteiger partial charge on any atom is -0.494 e.